The molecular formula is C20H19OS+. The summed E-state index contributed by atoms with van der Waals surface area (Å²) in [6.45, 7) is 4.02. The van der Waals surface area contributed by atoms with E-state index in [4.69, 9.17) is 0 Å². The molecule has 3 aromatic carbocycles. The molecule has 0 radical (unpaired) electrons. The molecule has 0 fully saturated rings. The lowest BCUT2D eigenvalue weighted by Gasteiger charge is -2.11. The minimum Gasteiger partial charge on any atom is -0.508 e. The van der Waals surface area contributed by atoms with Gasteiger partial charge in [0, 0.05) is 11.6 Å². The monoisotopic (exact) mass is 307 g/mol. The third kappa shape index (κ3) is 2.88. The maximum Gasteiger partial charge on any atom is 0.169 e. The third-order valence-corrected chi connectivity index (χ3v) is 6.04. The maximum absolute atomic E-state index is 9.95. The number of phenols is 1. The van der Waals surface area contributed by atoms with E-state index in [1.54, 1.807) is 0 Å². The molecule has 1 nitrogen and oxygen atoms in total. The molecule has 1 N–H and O–H groups in total. The summed E-state index contributed by atoms with van der Waals surface area (Å²) in [4.78, 5) is 3.86. The van der Waals surface area contributed by atoms with Crippen LogP contribution in [0.25, 0.3) is 0 Å². The first kappa shape index (κ1) is 14.7. The van der Waals surface area contributed by atoms with Crippen LogP contribution >= 0.6 is 0 Å². The van der Waals surface area contributed by atoms with Gasteiger partial charge in [0.1, 0.15) is 5.75 Å². The molecule has 0 atom stereocenters. The van der Waals surface area contributed by atoms with Crippen LogP contribution in [0, 0.1) is 13.8 Å². The highest BCUT2D eigenvalue weighted by molar-refractivity contribution is 7.97. The molecule has 0 saturated heterocycles. The molecular weight excluding hydrogens is 288 g/mol. The summed E-state index contributed by atoms with van der Waals surface area (Å²) in [6.07, 6.45) is 0. The van der Waals surface area contributed by atoms with Gasteiger partial charge in [-0.3, -0.25) is 0 Å². The second-order valence-corrected chi connectivity index (χ2v) is 7.33. The second kappa shape index (κ2) is 6.29. The number of rotatable bonds is 3. The van der Waals surface area contributed by atoms with Crippen LogP contribution in [0.5, 0.6) is 5.75 Å². The third-order valence-electron chi connectivity index (χ3n) is 3.67. The highest BCUT2D eigenvalue weighted by Crippen LogP contribution is 2.35. The van der Waals surface area contributed by atoms with Gasteiger partial charge in [0.25, 0.3) is 0 Å². The molecule has 2 heteroatoms. The van der Waals surface area contributed by atoms with Crippen molar-refractivity contribution in [3.05, 3.63) is 83.9 Å². The van der Waals surface area contributed by atoms with Crippen molar-refractivity contribution in [1.82, 2.24) is 0 Å². The Morgan fingerprint density at radius 3 is 1.68 bits per heavy atom. The zero-order chi connectivity index (χ0) is 15.5. The molecule has 0 amide bonds. The van der Waals surface area contributed by atoms with E-state index >= 15 is 0 Å². The van der Waals surface area contributed by atoms with Gasteiger partial charge in [-0.25, -0.2) is 0 Å². The van der Waals surface area contributed by atoms with Crippen LogP contribution in [0.1, 0.15) is 11.1 Å². The predicted octanol–water partition coefficient (Wildman–Crippen LogP) is 5.10. The number of aromatic hydroxyl groups is 1. The molecule has 3 aromatic rings. The first-order valence-electron chi connectivity index (χ1n) is 7.31. The zero-order valence-electron chi connectivity index (χ0n) is 12.8. The van der Waals surface area contributed by atoms with Crippen LogP contribution in [0.3, 0.4) is 0 Å². The fourth-order valence-corrected chi connectivity index (χ4v) is 4.81. The largest absolute Gasteiger partial charge is 0.508 e. The Balaban J connectivity index is 2.21. The Kier molecular flexibility index (Phi) is 4.21. The van der Waals surface area contributed by atoms with Crippen LogP contribution in [-0.2, 0) is 10.9 Å². The summed E-state index contributed by atoms with van der Waals surface area (Å²) in [6, 6.07) is 25.1. The molecule has 0 unspecified atom stereocenters. The zero-order valence-corrected chi connectivity index (χ0v) is 13.6. The van der Waals surface area contributed by atoms with E-state index in [1.807, 2.05) is 25.1 Å². The van der Waals surface area contributed by atoms with Crippen molar-refractivity contribution in [3.63, 3.8) is 0 Å². The van der Waals surface area contributed by atoms with Crippen molar-refractivity contribution in [2.24, 2.45) is 0 Å². The van der Waals surface area contributed by atoms with Crippen LogP contribution in [-0.4, -0.2) is 5.11 Å². The standard InChI is InChI=1S/C20H18OS/c1-15-14-20(16(2)13-19(15)21)22(17-9-5-3-6-10-17)18-11-7-4-8-12-18/h3-14H,1-2H3/p+1. The molecule has 0 aliphatic carbocycles. The van der Waals surface area contributed by atoms with Crippen LogP contribution in [0.4, 0.5) is 0 Å². The molecule has 0 aliphatic heterocycles. The lowest BCUT2D eigenvalue weighted by molar-refractivity contribution is 0.470. The average molecular weight is 307 g/mol. The van der Waals surface area contributed by atoms with Gasteiger partial charge in [-0.15, -0.1) is 0 Å². The van der Waals surface area contributed by atoms with Gasteiger partial charge in [-0.05, 0) is 49.7 Å². The first-order chi connectivity index (χ1) is 10.7. The number of hydrogen-bond acceptors (Lipinski definition) is 1. The number of benzene rings is 3. The second-order valence-electron chi connectivity index (χ2n) is 5.34. The van der Waals surface area contributed by atoms with Crippen molar-refractivity contribution >= 4 is 10.9 Å². The Bertz CT molecular complexity index is 727. The summed E-state index contributed by atoms with van der Waals surface area (Å²) in [7, 11) is -0.156. The van der Waals surface area contributed by atoms with Gasteiger partial charge in [0.05, 0.1) is 10.9 Å². The van der Waals surface area contributed by atoms with Crippen LogP contribution in [0.15, 0.2) is 87.5 Å². The van der Waals surface area contributed by atoms with E-state index in [9.17, 15) is 5.11 Å². The van der Waals surface area contributed by atoms with E-state index < -0.39 is 0 Å². The van der Waals surface area contributed by atoms with E-state index in [-0.39, 0.29) is 10.9 Å². The molecule has 0 aromatic heterocycles. The molecule has 0 aliphatic rings. The van der Waals surface area contributed by atoms with Crippen LogP contribution in [0.2, 0.25) is 0 Å². The summed E-state index contributed by atoms with van der Waals surface area (Å²) in [5, 5.41) is 9.95. The summed E-state index contributed by atoms with van der Waals surface area (Å²) in [5.74, 6) is 0.367. The summed E-state index contributed by atoms with van der Waals surface area (Å²) >= 11 is 0. The number of aryl methyl sites for hydroxylation is 2. The molecule has 0 spiro atoms. The van der Waals surface area contributed by atoms with Crippen molar-refractivity contribution in [2.75, 3.05) is 0 Å². The van der Waals surface area contributed by atoms with E-state index in [2.05, 4.69) is 61.5 Å². The van der Waals surface area contributed by atoms with Crippen LogP contribution < -0.4 is 0 Å². The van der Waals surface area contributed by atoms with Gasteiger partial charge in [0.2, 0.25) is 0 Å². The average Bonchev–Trinajstić information content (AvgIpc) is 2.55. The Hall–Kier alpha value is -2.19. The summed E-state index contributed by atoms with van der Waals surface area (Å²) < 4.78 is 0. The minimum atomic E-state index is -0.156. The van der Waals surface area contributed by atoms with Gasteiger partial charge < -0.3 is 5.11 Å². The Labute approximate surface area is 134 Å². The van der Waals surface area contributed by atoms with Crippen molar-refractivity contribution in [2.45, 2.75) is 28.5 Å². The Morgan fingerprint density at radius 1 is 0.682 bits per heavy atom. The SMILES string of the molecule is Cc1cc([S+](c2ccccc2)c2ccccc2)c(C)cc1O. The number of phenolic OH excluding ortho intramolecular Hbond substituents is 1. The highest BCUT2D eigenvalue weighted by Gasteiger charge is 2.30. The molecule has 3 rings (SSSR count). The van der Waals surface area contributed by atoms with Gasteiger partial charge in [-0.1, -0.05) is 36.4 Å². The van der Waals surface area contributed by atoms with E-state index in [1.165, 1.54) is 14.7 Å². The first-order valence-corrected chi connectivity index (χ1v) is 8.54. The normalized spacial score (nSPS) is 10.9. The smallest absolute Gasteiger partial charge is 0.169 e. The van der Waals surface area contributed by atoms with E-state index in [0.717, 1.165) is 11.1 Å². The highest BCUT2D eigenvalue weighted by atomic mass is 32.2. The fourth-order valence-electron chi connectivity index (χ4n) is 2.50. The quantitative estimate of drug-likeness (QED) is 0.667. The van der Waals surface area contributed by atoms with Gasteiger partial charge >= 0.3 is 0 Å². The van der Waals surface area contributed by atoms with Crippen molar-refractivity contribution < 1.29 is 5.11 Å². The van der Waals surface area contributed by atoms with E-state index in [0.29, 0.717) is 5.75 Å². The molecule has 0 bridgehead atoms. The van der Waals surface area contributed by atoms with Gasteiger partial charge in [0.15, 0.2) is 14.7 Å². The predicted molar refractivity (Wildman–Crippen MR) is 92.6 cm³/mol. The lowest BCUT2D eigenvalue weighted by Crippen LogP contribution is -2.07. The number of hydrogen-bond donors (Lipinski definition) is 1. The molecule has 0 heterocycles. The van der Waals surface area contributed by atoms with Gasteiger partial charge in [-0.2, -0.15) is 0 Å². The minimum absolute atomic E-state index is 0.156. The van der Waals surface area contributed by atoms with Crippen molar-refractivity contribution in [1.29, 1.82) is 0 Å². The summed E-state index contributed by atoms with van der Waals surface area (Å²) in [5.41, 5.74) is 2.05. The lowest BCUT2D eigenvalue weighted by atomic mass is 10.1. The molecule has 110 valence electrons. The molecule has 0 saturated carbocycles. The molecule has 22 heavy (non-hydrogen) atoms. The Morgan fingerprint density at radius 2 is 1.18 bits per heavy atom. The maximum atomic E-state index is 9.95. The fraction of sp³-hybridized carbons (Fsp3) is 0.100. The topological polar surface area (TPSA) is 20.2 Å². The van der Waals surface area contributed by atoms with Crippen molar-refractivity contribution in [3.8, 4) is 5.75 Å².